The predicted octanol–water partition coefficient (Wildman–Crippen LogP) is 2.63. The van der Waals surface area contributed by atoms with Crippen LogP contribution in [0.15, 0.2) is 52.8 Å². The summed E-state index contributed by atoms with van der Waals surface area (Å²) in [6.45, 7) is 1.88. The van der Waals surface area contributed by atoms with Crippen LogP contribution in [0.1, 0.15) is 21.6 Å². The molecule has 6 nitrogen and oxygen atoms in total. The molecular weight excluding hydrogens is 345 g/mol. The van der Waals surface area contributed by atoms with Crippen LogP contribution in [0.25, 0.3) is 0 Å². The molecule has 0 aliphatic heterocycles. The molecule has 0 saturated heterocycles. The van der Waals surface area contributed by atoms with Crippen LogP contribution in [0.4, 0.5) is 9.52 Å². The molecule has 0 spiro atoms. The second-order valence-corrected chi connectivity index (χ2v) is 6.06. The van der Waals surface area contributed by atoms with Crippen LogP contribution in [-0.2, 0) is 6.61 Å². The van der Waals surface area contributed by atoms with Crippen molar-refractivity contribution in [1.82, 2.24) is 9.71 Å². The molecule has 0 bridgehead atoms. The first-order valence-electron chi connectivity index (χ1n) is 7.36. The molecule has 0 aliphatic carbocycles. The summed E-state index contributed by atoms with van der Waals surface area (Å²) in [6, 6.07) is 8.68. The Hall–Kier alpha value is -3.00. The van der Waals surface area contributed by atoms with Gasteiger partial charge in [0.15, 0.2) is 5.13 Å². The van der Waals surface area contributed by atoms with Gasteiger partial charge in [0.1, 0.15) is 18.0 Å². The highest BCUT2D eigenvalue weighted by molar-refractivity contribution is 7.13. The number of amides is 1. The number of hydrogen-bond donors (Lipinski definition) is 1. The van der Waals surface area contributed by atoms with Crippen LogP contribution in [0.2, 0.25) is 0 Å². The number of rotatable bonds is 5. The molecule has 0 unspecified atom stereocenters. The monoisotopic (exact) mass is 359 g/mol. The average molecular weight is 359 g/mol. The Morgan fingerprint density at radius 3 is 2.76 bits per heavy atom. The summed E-state index contributed by atoms with van der Waals surface area (Å²) >= 11 is 1.28. The summed E-state index contributed by atoms with van der Waals surface area (Å²) in [4.78, 5) is 34.2. The lowest BCUT2D eigenvalue weighted by atomic mass is 10.2. The average Bonchev–Trinajstić information content (AvgIpc) is 3.00. The van der Waals surface area contributed by atoms with Gasteiger partial charge in [-0.3, -0.25) is 14.9 Å². The van der Waals surface area contributed by atoms with Gasteiger partial charge in [0.2, 0.25) is 0 Å². The Morgan fingerprint density at radius 1 is 1.32 bits per heavy atom. The van der Waals surface area contributed by atoms with Crippen LogP contribution < -0.4 is 15.7 Å². The predicted molar refractivity (Wildman–Crippen MR) is 92.2 cm³/mol. The van der Waals surface area contributed by atoms with E-state index < -0.39 is 11.5 Å². The number of pyridine rings is 1. The Kier molecular flexibility index (Phi) is 4.90. The summed E-state index contributed by atoms with van der Waals surface area (Å²) in [6.07, 6.45) is 1.41. The molecule has 2 aromatic heterocycles. The van der Waals surface area contributed by atoms with Gasteiger partial charge in [0.05, 0.1) is 5.69 Å². The minimum atomic E-state index is -0.588. The van der Waals surface area contributed by atoms with Crippen molar-refractivity contribution in [3.8, 4) is 0 Å². The lowest BCUT2D eigenvalue weighted by molar-refractivity contribution is 0.0863. The van der Waals surface area contributed by atoms with Crippen LogP contribution in [-0.4, -0.2) is 15.6 Å². The standard InChI is InChI=1S/C17H14FN3O3S/c1-11-10-25-17(19-11)20-15(22)14-3-2-8-21(16(14)23)24-9-12-4-6-13(18)7-5-12/h2-8,10H,9H2,1H3,(H,19,20,22). The molecule has 3 aromatic rings. The van der Waals surface area contributed by atoms with Gasteiger partial charge >= 0.3 is 0 Å². The molecule has 0 fully saturated rings. The van der Waals surface area contributed by atoms with Gasteiger partial charge in [-0.2, -0.15) is 4.73 Å². The van der Waals surface area contributed by atoms with Crippen molar-refractivity contribution < 1.29 is 14.0 Å². The second kappa shape index (κ2) is 7.27. The molecule has 2 heterocycles. The zero-order chi connectivity index (χ0) is 17.8. The molecule has 1 amide bonds. The number of carbonyl (C=O) groups is 1. The number of anilines is 1. The molecule has 25 heavy (non-hydrogen) atoms. The van der Waals surface area contributed by atoms with Crippen LogP contribution >= 0.6 is 11.3 Å². The zero-order valence-corrected chi connectivity index (χ0v) is 14.0. The molecule has 0 radical (unpaired) electrons. The maximum absolute atomic E-state index is 12.9. The Balaban J connectivity index is 1.74. The van der Waals surface area contributed by atoms with Crippen LogP contribution in [0, 0.1) is 12.7 Å². The van der Waals surface area contributed by atoms with Gasteiger partial charge in [0.25, 0.3) is 11.5 Å². The van der Waals surface area contributed by atoms with Crippen molar-refractivity contribution in [2.45, 2.75) is 13.5 Å². The van der Waals surface area contributed by atoms with Gasteiger partial charge in [0, 0.05) is 11.6 Å². The first kappa shape index (κ1) is 16.8. The third-order valence-electron chi connectivity index (χ3n) is 3.28. The smallest absolute Gasteiger partial charge is 0.295 e. The quantitative estimate of drug-likeness (QED) is 0.760. The van der Waals surface area contributed by atoms with Crippen LogP contribution in [0.3, 0.4) is 0 Å². The molecule has 3 rings (SSSR count). The Bertz CT molecular complexity index is 950. The molecule has 0 atom stereocenters. The van der Waals surface area contributed by atoms with Crippen LogP contribution in [0.5, 0.6) is 0 Å². The molecule has 8 heteroatoms. The van der Waals surface area contributed by atoms with Crippen molar-refractivity contribution >= 4 is 22.4 Å². The number of nitrogens with one attached hydrogen (secondary N) is 1. The van der Waals surface area contributed by atoms with E-state index in [0.717, 1.165) is 10.4 Å². The highest BCUT2D eigenvalue weighted by Gasteiger charge is 2.14. The van der Waals surface area contributed by atoms with Crippen molar-refractivity contribution in [1.29, 1.82) is 0 Å². The number of hydrogen-bond acceptors (Lipinski definition) is 5. The van der Waals surface area contributed by atoms with Gasteiger partial charge in [-0.1, -0.05) is 12.1 Å². The highest BCUT2D eigenvalue weighted by Crippen LogP contribution is 2.14. The third-order valence-corrected chi connectivity index (χ3v) is 4.16. The Morgan fingerprint density at radius 2 is 2.08 bits per heavy atom. The number of carbonyl (C=O) groups excluding carboxylic acids is 1. The number of benzene rings is 1. The number of halogens is 1. The molecule has 0 aliphatic rings. The molecule has 128 valence electrons. The van der Waals surface area contributed by atoms with E-state index in [1.54, 1.807) is 17.5 Å². The zero-order valence-electron chi connectivity index (χ0n) is 13.2. The van der Waals surface area contributed by atoms with Gasteiger partial charge < -0.3 is 4.84 Å². The van der Waals surface area contributed by atoms with Gasteiger partial charge in [-0.05, 0) is 36.8 Å². The summed E-state index contributed by atoms with van der Waals surface area (Å²) < 4.78 is 13.9. The summed E-state index contributed by atoms with van der Waals surface area (Å²) in [7, 11) is 0. The molecule has 1 N–H and O–H groups in total. The normalized spacial score (nSPS) is 10.5. The number of thiazole rings is 1. The first-order valence-corrected chi connectivity index (χ1v) is 8.24. The first-order chi connectivity index (χ1) is 12.0. The minimum absolute atomic E-state index is 0.0607. The van der Waals surface area contributed by atoms with E-state index in [-0.39, 0.29) is 18.0 Å². The summed E-state index contributed by atoms with van der Waals surface area (Å²) in [5, 5.41) is 4.80. The highest BCUT2D eigenvalue weighted by atomic mass is 32.1. The third kappa shape index (κ3) is 4.10. The summed E-state index contributed by atoms with van der Waals surface area (Å²) in [5.41, 5.74) is 0.833. The number of aryl methyl sites for hydroxylation is 1. The van der Waals surface area contributed by atoms with Gasteiger partial charge in [-0.15, -0.1) is 11.3 Å². The van der Waals surface area contributed by atoms with Crippen molar-refractivity contribution in [3.05, 3.63) is 81.0 Å². The van der Waals surface area contributed by atoms with E-state index in [9.17, 15) is 14.0 Å². The lowest BCUT2D eigenvalue weighted by Crippen LogP contribution is -2.32. The van der Waals surface area contributed by atoms with Crippen molar-refractivity contribution in [2.75, 3.05) is 5.32 Å². The topological polar surface area (TPSA) is 73.2 Å². The lowest BCUT2D eigenvalue weighted by Gasteiger charge is -2.09. The van der Waals surface area contributed by atoms with E-state index in [4.69, 9.17) is 4.84 Å². The van der Waals surface area contributed by atoms with Crippen molar-refractivity contribution in [2.24, 2.45) is 0 Å². The fourth-order valence-corrected chi connectivity index (χ4v) is 2.73. The SMILES string of the molecule is Cc1csc(NC(=O)c2cccn(OCc3ccc(F)cc3)c2=O)n1. The van der Waals surface area contributed by atoms with E-state index in [0.29, 0.717) is 10.7 Å². The van der Waals surface area contributed by atoms with Gasteiger partial charge in [-0.25, -0.2) is 9.37 Å². The second-order valence-electron chi connectivity index (χ2n) is 5.20. The number of aromatic nitrogens is 2. The van der Waals surface area contributed by atoms with E-state index in [1.807, 2.05) is 6.92 Å². The fourth-order valence-electron chi connectivity index (χ4n) is 2.05. The maximum atomic E-state index is 12.9. The molecular formula is C17H14FN3O3S. The van der Waals surface area contributed by atoms with E-state index in [2.05, 4.69) is 10.3 Å². The molecule has 1 aromatic carbocycles. The summed E-state index contributed by atoms with van der Waals surface area (Å²) in [5.74, 6) is -0.906. The Labute approximate surface area is 146 Å². The molecule has 0 saturated carbocycles. The van der Waals surface area contributed by atoms with E-state index >= 15 is 0 Å². The fraction of sp³-hybridized carbons (Fsp3) is 0.118. The number of nitrogens with zero attached hydrogens (tertiary/aromatic N) is 2. The minimum Gasteiger partial charge on any atom is -0.406 e. The van der Waals surface area contributed by atoms with E-state index in [1.165, 1.54) is 41.8 Å². The maximum Gasteiger partial charge on any atom is 0.295 e. The van der Waals surface area contributed by atoms with Crippen molar-refractivity contribution in [3.63, 3.8) is 0 Å². The largest absolute Gasteiger partial charge is 0.406 e.